The summed E-state index contributed by atoms with van der Waals surface area (Å²) in [6.45, 7) is 5.13. The maximum Gasteiger partial charge on any atom is 0.338 e. The fourth-order valence-electron chi connectivity index (χ4n) is 13.6. The number of fused-ring (bicyclic) bond motifs is 1. The van der Waals surface area contributed by atoms with Gasteiger partial charge in [0.15, 0.2) is 30.9 Å². The Hall–Kier alpha value is -8.19. The lowest BCUT2D eigenvalue weighted by Crippen LogP contribution is -2.64. The molecule has 5 fully saturated rings. The first-order valence-corrected chi connectivity index (χ1v) is 35.4. The lowest BCUT2D eigenvalue weighted by Gasteiger charge is -2.49. The van der Waals surface area contributed by atoms with E-state index in [0.717, 1.165) is 44.5 Å². The van der Waals surface area contributed by atoms with Gasteiger partial charge in [-0.05, 0) is 64.4 Å². The van der Waals surface area contributed by atoms with Gasteiger partial charge in [-0.15, -0.1) is 0 Å². The van der Waals surface area contributed by atoms with Crippen LogP contribution in [0, 0.1) is 0 Å². The summed E-state index contributed by atoms with van der Waals surface area (Å²) < 4.78 is 120. The molecule has 0 spiro atoms. The molecular formula is C85H88O18. The van der Waals surface area contributed by atoms with Crippen molar-refractivity contribution in [2.45, 2.75) is 171 Å². The first-order valence-electron chi connectivity index (χ1n) is 35.4. The van der Waals surface area contributed by atoms with Crippen LogP contribution in [-0.4, -0.2) is 124 Å². The van der Waals surface area contributed by atoms with E-state index < -0.39 is 110 Å². The molecule has 103 heavy (non-hydrogen) atoms. The van der Waals surface area contributed by atoms with Crippen LogP contribution >= 0.6 is 0 Å². The van der Waals surface area contributed by atoms with Crippen molar-refractivity contribution in [3.05, 3.63) is 323 Å². The zero-order valence-electron chi connectivity index (χ0n) is 57.8. The smallest absolute Gasteiger partial charge is 0.338 e. The van der Waals surface area contributed by atoms with Crippen LogP contribution in [0.2, 0.25) is 0 Å². The zero-order chi connectivity index (χ0) is 70.0. The SMILES string of the molecule is CC1(C)OC[C@H]([C@@H]2O[C@@H](O[C@H]3[C@H]4O[C@@H](c5ccccc5)OC[C@H]4O[C@@H](OCc4ccccc4C(=O)OCc4ccccc4)[C@@H]3OCc3ccccc3)[C@H](O[C@H]3O[C@@H]([C@@H](COCc4ccccc4)OCc4ccccc4)[C@H](OCc4ccccc4)[C@H]3OCc3ccccc3)[C@H]2OCc2ccccc2)O1. The van der Waals surface area contributed by atoms with Gasteiger partial charge in [0.2, 0.25) is 0 Å². The van der Waals surface area contributed by atoms with Crippen LogP contribution in [0.1, 0.15) is 80.6 Å². The Bertz CT molecular complexity index is 3980. The molecule has 5 heterocycles. The standard InChI is InChI=1S/C85H88O18/c1-85(2)96-57-70(103-85)73-75(90-50-61-35-17-6-18-36-61)79(102-83-77(91-51-62-37-19-7-20-38-62)74(89-49-60-33-15-5-16-34-60)71(99-83)68(88-48-59-31-13-4-14-32-59)55-87-47-58-29-11-3-12-30-58)84(100-73)101-76-72-69(56-95-81(98-72)65-43-25-10-26-44-65)97-82(78(76)92-52-63-39-21-8-22-40-63)94-54-66-45-27-28-46-67(66)80(86)93-53-64-41-23-9-24-42-64/h3-46,68-79,81-84H,47-57H2,1-2H3/t68-,69-,70-,71+,72+,73+,74+,75+,76+,77-,78-,79-,81+,82-,83-,84+/m1/s1. The second kappa shape index (κ2) is 35.5. The Morgan fingerprint density at radius 1 is 0.398 bits per heavy atom. The van der Waals surface area contributed by atoms with Crippen LogP contribution in [0.5, 0.6) is 0 Å². The fraction of sp³-hybridized carbons (Fsp3) is 0.353. The van der Waals surface area contributed by atoms with Crippen molar-refractivity contribution in [2.24, 2.45) is 0 Å². The average molecular weight is 1400 g/mol. The topological polar surface area (TPSA) is 174 Å². The first-order chi connectivity index (χ1) is 50.7. The van der Waals surface area contributed by atoms with Gasteiger partial charge in [-0.25, -0.2) is 4.79 Å². The van der Waals surface area contributed by atoms with E-state index in [1.165, 1.54) is 0 Å². The van der Waals surface area contributed by atoms with Crippen LogP contribution in [0.15, 0.2) is 267 Å². The quantitative estimate of drug-likeness (QED) is 0.0364. The van der Waals surface area contributed by atoms with Crippen LogP contribution in [0.4, 0.5) is 0 Å². The average Bonchev–Trinajstić information content (AvgIpc) is 1.72. The molecule has 0 saturated carbocycles. The Labute approximate surface area is 601 Å². The number of rotatable bonds is 32. The molecule has 0 bridgehead atoms. The fourth-order valence-corrected chi connectivity index (χ4v) is 13.6. The third-order valence-corrected chi connectivity index (χ3v) is 18.8. The minimum Gasteiger partial charge on any atom is -0.457 e. The summed E-state index contributed by atoms with van der Waals surface area (Å²) >= 11 is 0. The summed E-state index contributed by atoms with van der Waals surface area (Å²) in [5.41, 5.74) is 8.07. The molecule has 5 saturated heterocycles. The molecule has 5 aliphatic rings. The van der Waals surface area contributed by atoms with E-state index in [2.05, 4.69) is 0 Å². The van der Waals surface area contributed by atoms with Gasteiger partial charge in [-0.3, -0.25) is 0 Å². The Balaban J connectivity index is 0.861. The number of hydrogen-bond donors (Lipinski definition) is 0. The molecule has 0 radical (unpaired) electrons. The largest absolute Gasteiger partial charge is 0.457 e. The van der Waals surface area contributed by atoms with Gasteiger partial charge < -0.3 is 80.5 Å². The van der Waals surface area contributed by atoms with Crippen molar-refractivity contribution >= 4 is 5.97 Å². The molecular weight excluding hydrogens is 1310 g/mol. The summed E-state index contributed by atoms with van der Waals surface area (Å²) in [4.78, 5) is 14.0. The Morgan fingerprint density at radius 3 is 1.39 bits per heavy atom. The second-order valence-corrected chi connectivity index (χ2v) is 26.6. The molecule has 0 N–H and O–H groups in total. The highest BCUT2D eigenvalue weighted by atomic mass is 16.8. The van der Waals surface area contributed by atoms with Gasteiger partial charge in [0.1, 0.15) is 79.9 Å². The molecule has 5 aliphatic heterocycles. The molecule has 0 unspecified atom stereocenters. The summed E-state index contributed by atoms with van der Waals surface area (Å²) in [7, 11) is 0. The van der Waals surface area contributed by atoms with Crippen molar-refractivity contribution in [1.29, 1.82) is 0 Å². The summed E-state index contributed by atoms with van der Waals surface area (Å²) in [6.07, 6.45) is -15.8. The number of carbonyl (C=O) groups excluding carboxylic acids is 1. The highest BCUT2D eigenvalue weighted by Crippen LogP contribution is 2.44. The summed E-state index contributed by atoms with van der Waals surface area (Å²) in [6, 6.07) is 86.1. The van der Waals surface area contributed by atoms with Gasteiger partial charge in [0.25, 0.3) is 0 Å². The van der Waals surface area contributed by atoms with Crippen LogP contribution in [-0.2, 0) is 133 Å². The van der Waals surface area contributed by atoms with E-state index in [1.54, 1.807) is 12.1 Å². The highest BCUT2D eigenvalue weighted by molar-refractivity contribution is 5.91. The number of carbonyl (C=O) groups is 1. The monoisotopic (exact) mass is 1400 g/mol. The number of esters is 1. The summed E-state index contributed by atoms with van der Waals surface area (Å²) in [5.74, 6) is -1.51. The minimum absolute atomic E-state index is 0.0572. The molecule has 16 atom stereocenters. The lowest BCUT2D eigenvalue weighted by atomic mass is 9.96. The van der Waals surface area contributed by atoms with Crippen LogP contribution < -0.4 is 0 Å². The normalized spacial score (nSPS) is 26.9. The molecule has 536 valence electrons. The van der Waals surface area contributed by atoms with Crippen LogP contribution in [0.3, 0.4) is 0 Å². The van der Waals surface area contributed by atoms with Crippen molar-refractivity contribution < 1.29 is 85.3 Å². The molecule has 0 aliphatic carbocycles. The van der Waals surface area contributed by atoms with Gasteiger partial charge in [0.05, 0.1) is 71.6 Å². The highest BCUT2D eigenvalue weighted by Gasteiger charge is 2.61. The van der Waals surface area contributed by atoms with E-state index in [4.69, 9.17) is 80.5 Å². The number of benzene rings is 9. The van der Waals surface area contributed by atoms with E-state index in [1.807, 2.05) is 269 Å². The van der Waals surface area contributed by atoms with Gasteiger partial charge >= 0.3 is 5.97 Å². The molecule has 14 rings (SSSR count). The minimum atomic E-state index is -1.34. The molecule has 0 aromatic heterocycles. The second-order valence-electron chi connectivity index (χ2n) is 26.6. The van der Waals surface area contributed by atoms with E-state index in [-0.39, 0.29) is 66.1 Å². The predicted octanol–water partition coefficient (Wildman–Crippen LogP) is 13.9. The molecule has 0 amide bonds. The van der Waals surface area contributed by atoms with E-state index in [9.17, 15) is 4.79 Å². The molecule has 9 aromatic carbocycles. The Morgan fingerprint density at radius 2 is 0.845 bits per heavy atom. The number of hydrogen-bond acceptors (Lipinski definition) is 18. The predicted molar refractivity (Wildman–Crippen MR) is 379 cm³/mol. The van der Waals surface area contributed by atoms with Gasteiger partial charge in [-0.2, -0.15) is 0 Å². The summed E-state index contributed by atoms with van der Waals surface area (Å²) in [5, 5.41) is 0. The van der Waals surface area contributed by atoms with Gasteiger partial charge in [-0.1, -0.05) is 261 Å². The van der Waals surface area contributed by atoms with E-state index >= 15 is 0 Å². The third-order valence-electron chi connectivity index (χ3n) is 18.8. The Kier molecular flexibility index (Phi) is 24.8. The van der Waals surface area contributed by atoms with Crippen LogP contribution in [0.25, 0.3) is 0 Å². The van der Waals surface area contributed by atoms with Gasteiger partial charge in [0, 0.05) is 5.56 Å². The lowest BCUT2D eigenvalue weighted by molar-refractivity contribution is -0.388. The molecule has 18 heteroatoms. The van der Waals surface area contributed by atoms with E-state index in [0.29, 0.717) is 17.7 Å². The third kappa shape index (κ3) is 19.0. The van der Waals surface area contributed by atoms with Crippen molar-refractivity contribution in [1.82, 2.24) is 0 Å². The zero-order valence-corrected chi connectivity index (χ0v) is 57.8. The maximum atomic E-state index is 14.0. The van der Waals surface area contributed by atoms with Crippen molar-refractivity contribution in [3.63, 3.8) is 0 Å². The number of ether oxygens (including phenoxy) is 17. The molecule has 18 nitrogen and oxygen atoms in total. The maximum absolute atomic E-state index is 14.0. The van der Waals surface area contributed by atoms with Crippen molar-refractivity contribution in [3.8, 4) is 0 Å². The molecule has 9 aromatic rings. The van der Waals surface area contributed by atoms with Crippen molar-refractivity contribution in [2.75, 3.05) is 19.8 Å². The first kappa shape index (κ1) is 71.8.